The molecule has 1 heterocycles. The average Bonchev–Trinajstić information content (AvgIpc) is 3.32. The average molecular weight is 551 g/mol. The van der Waals surface area contributed by atoms with E-state index in [9.17, 15) is 0 Å². The Morgan fingerprint density at radius 1 is 0.906 bits per heavy atom. The summed E-state index contributed by atoms with van der Waals surface area (Å²) in [6, 6.07) is 12.3. The summed E-state index contributed by atoms with van der Waals surface area (Å²) in [7, 11) is 6.55. The Morgan fingerprint density at radius 3 is 2.00 bits per heavy atom. The van der Waals surface area contributed by atoms with E-state index in [-0.39, 0.29) is 24.0 Å². The fraction of sp³-hybridized carbons (Fsp3) is 0.304. The zero-order chi connectivity index (χ0) is 22.1. The van der Waals surface area contributed by atoms with Gasteiger partial charge in [-0.1, -0.05) is 24.3 Å². The Bertz CT molecular complexity index is 966. The van der Waals surface area contributed by atoms with Crippen LogP contribution in [0.2, 0.25) is 0 Å². The van der Waals surface area contributed by atoms with Gasteiger partial charge >= 0.3 is 0 Å². The highest BCUT2D eigenvalue weighted by Crippen LogP contribution is 2.38. The summed E-state index contributed by atoms with van der Waals surface area (Å²) < 4.78 is 18.3. The second-order valence-corrected chi connectivity index (χ2v) is 6.86. The summed E-state index contributed by atoms with van der Waals surface area (Å²) in [4.78, 5) is 8.38. The van der Waals surface area contributed by atoms with Gasteiger partial charge in [0.15, 0.2) is 17.5 Å². The van der Waals surface area contributed by atoms with Gasteiger partial charge in [-0.05, 0) is 28.8 Å². The minimum Gasteiger partial charge on any atom is -0.493 e. The van der Waals surface area contributed by atoms with Gasteiger partial charge in [0.2, 0.25) is 5.75 Å². The molecule has 3 aromatic rings. The predicted molar refractivity (Wildman–Crippen MR) is 136 cm³/mol. The molecule has 0 atom stereocenters. The van der Waals surface area contributed by atoms with Crippen LogP contribution in [-0.4, -0.2) is 43.9 Å². The molecule has 172 valence electrons. The third-order valence-electron chi connectivity index (χ3n) is 4.82. The monoisotopic (exact) mass is 551 g/mol. The highest BCUT2D eigenvalue weighted by Gasteiger charge is 2.13. The molecule has 0 spiro atoms. The maximum atomic E-state index is 5.42. The second kappa shape index (κ2) is 12.8. The smallest absolute Gasteiger partial charge is 0.203 e. The van der Waals surface area contributed by atoms with Crippen molar-refractivity contribution in [3.8, 4) is 17.2 Å². The topological polar surface area (TPSA) is 81.9 Å². The maximum Gasteiger partial charge on any atom is 0.203 e. The van der Waals surface area contributed by atoms with E-state index in [1.54, 1.807) is 34.6 Å². The lowest BCUT2D eigenvalue weighted by molar-refractivity contribution is 0.323. The van der Waals surface area contributed by atoms with Crippen LogP contribution in [0.1, 0.15) is 16.7 Å². The zero-order valence-corrected chi connectivity index (χ0v) is 21.1. The van der Waals surface area contributed by atoms with E-state index in [0.29, 0.717) is 36.3 Å². The van der Waals surface area contributed by atoms with Crippen molar-refractivity contribution < 1.29 is 14.2 Å². The van der Waals surface area contributed by atoms with Crippen molar-refractivity contribution in [3.63, 3.8) is 0 Å². The minimum absolute atomic E-state index is 0. The largest absolute Gasteiger partial charge is 0.493 e. The highest BCUT2D eigenvalue weighted by molar-refractivity contribution is 14.0. The second-order valence-electron chi connectivity index (χ2n) is 6.86. The first-order chi connectivity index (χ1) is 15.2. The van der Waals surface area contributed by atoms with Crippen molar-refractivity contribution in [2.24, 2.45) is 4.99 Å². The van der Waals surface area contributed by atoms with Gasteiger partial charge in [-0.25, -0.2) is 4.98 Å². The number of halogens is 1. The summed E-state index contributed by atoms with van der Waals surface area (Å²) in [6.45, 7) is 2.03. The number of rotatable bonds is 9. The molecule has 0 bridgehead atoms. The molecule has 0 aliphatic heterocycles. The molecular formula is C23H30IN5O3. The Morgan fingerprint density at radius 2 is 1.50 bits per heavy atom. The molecule has 0 unspecified atom stereocenters. The maximum absolute atomic E-state index is 5.42. The fourth-order valence-electron chi connectivity index (χ4n) is 3.18. The number of aliphatic imine (C=N–C) groups is 1. The summed E-state index contributed by atoms with van der Waals surface area (Å²) in [5, 5.41) is 6.65. The molecular weight excluding hydrogens is 521 g/mol. The van der Waals surface area contributed by atoms with Crippen molar-refractivity contribution >= 4 is 29.9 Å². The minimum atomic E-state index is 0. The van der Waals surface area contributed by atoms with Crippen molar-refractivity contribution in [3.05, 3.63) is 71.8 Å². The van der Waals surface area contributed by atoms with Crippen LogP contribution in [0.15, 0.2) is 60.1 Å². The quantitative estimate of drug-likeness (QED) is 0.241. The van der Waals surface area contributed by atoms with E-state index < -0.39 is 0 Å². The Kier molecular flexibility index (Phi) is 10.1. The number of ether oxygens (including phenoxy) is 3. The van der Waals surface area contributed by atoms with Crippen molar-refractivity contribution in [2.45, 2.75) is 19.6 Å². The number of aromatic nitrogens is 2. The molecule has 2 N–H and O–H groups in total. The lowest BCUT2D eigenvalue weighted by Crippen LogP contribution is -2.36. The normalized spacial score (nSPS) is 10.8. The number of nitrogens with one attached hydrogen (secondary N) is 2. The predicted octanol–water partition coefficient (Wildman–Crippen LogP) is 3.44. The molecule has 3 rings (SSSR count). The van der Waals surface area contributed by atoms with Crippen LogP contribution in [0.5, 0.6) is 17.2 Å². The number of hydrogen-bond acceptors (Lipinski definition) is 5. The molecule has 32 heavy (non-hydrogen) atoms. The third-order valence-corrected chi connectivity index (χ3v) is 4.82. The van der Waals surface area contributed by atoms with Gasteiger partial charge < -0.3 is 29.4 Å². The molecule has 9 heteroatoms. The third kappa shape index (κ3) is 6.78. The first-order valence-corrected chi connectivity index (χ1v) is 9.93. The van der Waals surface area contributed by atoms with E-state index >= 15 is 0 Å². The van der Waals surface area contributed by atoms with Crippen molar-refractivity contribution in [1.29, 1.82) is 0 Å². The van der Waals surface area contributed by atoms with Gasteiger partial charge in [-0.2, -0.15) is 0 Å². The van der Waals surface area contributed by atoms with Gasteiger partial charge in [0.1, 0.15) is 0 Å². The Hall–Kier alpha value is -2.95. The van der Waals surface area contributed by atoms with Gasteiger partial charge in [0.25, 0.3) is 0 Å². The standard InChI is InChI=1S/C23H29N5O3.HI/c1-24-23(27-14-19-11-20(29-2)22(31-4)21(12-19)30-3)26-13-17-5-7-18(8-6-17)15-28-10-9-25-16-28;/h5-12,16H,13-15H2,1-4H3,(H2,24,26,27);1H. The summed E-state index contributed by atoms with van der Waals surface area (Å²) in [5.41, 5.74) is 3.39. The van der Waals surface area contributed by atoms with E-state index in [4.69, 9.17) is 14.2 Å². The molecule has 0 aliphatic carbocycles. The molecule has 0 aliphatic rings. The summed E-state index contributed by atoms with van der Waals surface area (Å²) in [5.74, 6) is 2.53. The first kappa shape index (κ1) is 25.3. The van der Waals surface area contributed by atoms with Crippen molar-refractivity contribution in [2.75, 3.05) is 28.4 Å². The molecule has 0 amide bonds. The number of guanidine groups is 1. The van der Waals surface area contributed by atoms with Crippen LogP contribution in [0, 0.1) is 0 Å². The highest BCUT2D eigenvalue weighted by atomic mass is 127. The van der Waals surface area contributed by atoms with Gasteiger partial charge in [0, 0.05) is 39.1 Å². The molecule has 0 fully saturated rings. The van der Waals surface area contributed by atoms with Crippen LogP contribution >= 0.6 is 24.0 Å². The van der Waals surface area contributed by atoms with E-state index in [0.717, 1.165) is 12.1 Å². The fourth-order valence-corrected chi connectivity index (χ4v) is 3.18. The van der Waals surface area contributed by atoms with Crippen LogP contribution in [0.25, 0.3) is 0 Å². The molecule has 2 aromatic carbocycles. The zero-order valence-electron chi connectivity index (χ0n) is 18.8. The number of methoxy groups -OCH3 is 3. The Labute approximate surface area is 206 Å². The molecule has 0 saturated carbocycles. The van der Waals surface area contributed by atoms with Crippen LogP contribution in [-0.2, 0) is 19.6 Å². The van der Waals surface area contributed by atoms with Gasteiger partial charge in [-0.15, -0.1) is 24.0 Å². The van der Waals surface area contributed by atoms with Crippen LogP contribution < -0.4 is 24.8 Å². The van der Waals surface area contributed by atoms with E-state index in [1.807, 2.05) is 29.2 Å². The van der Waals surface area contributed by atoms with Crippen molar-refractivity contribution in [1.82, 2.24) is 20.2 Å². The molecule has 0 radical (unpaired) electrons. The molecule has 0 saturated heterocycles. The van der Waals surface area contributed by atoms with E-state index in [1.165, 1.54) is 11.1 Å². The van der Waals surface area contributed by atoms with Gasteiger partial charge in [-0.3, -0.25) is 4.99 Å². The summed E-state index contributed by atoms with van der Waals surface area (Å²) in [6.07, 6.45) is 5.56. The lowest BCUT2D eigenvalue weighted by Gasteiger charge is -2.16. The number of benzene rings is 2. The summed E-state index contributed by atoms with van der Waals surface area (Å²) >= 11 is 0. The number of hydrogen-bond donors (Lipinski definition) is 2. The van der Waals surface area contributed by atoms with Crippen LogP contribution in [0.3, 0.4) is 0 Å². The number of nitrogens with zero attached hydrogens (tertiary/aromatic N) is 3. The molecule has 8 nitrogen and oxygen atoms in total. The van der Waals surface area contributed by atoms with Gasteiger partial charge in [0.05, 0.1) is 27.7 Å². The lowest BCUT2D eigenvalue weighted by atomic mass is 10.1. The Balaban J connectivity index is 0.00000363. The number of imidazole rings is 1. The SMILES string of the molecule is CN=C(NCc1ccc(Cn2ccnc2)cc1)NCc1cc(OC)c(OC)c(OC)c1.I. The van der Waals surface area contributed by atoms with Crippen LogP contribution in [0.4, 0.5) is 0 Å². The van der Waals surface area contributed by atoms with E-state index in [2.05, 4.69) is 44.9 Å². The first-order valence-electron chi connectivity index (χ1n) is 9.93. The molecule has 1 aromatic heterocycles.